The zero-order valence-electron chi connectivity index (χ0n) is 14.1. The summed E-state index contributed by atoms with van der Waals surface area (Å²) in [6.07, 6.45) is 2.28. The van der Waals surface area contributed by atoms with Gasteiger partial charge in [0, 0.05) is 23.8 Å². The maximum atomic E-state index is 12.3. The third-order valence-corrected chi connectivity index (χ3v) is 5.12. The van der Waals surface area contributed by atoms with E-state index in [1.807, 2.05) is 29.2 Å². The second-order valence-corrected chi connectivity index (χ2v) is 7.56. The van der Waals surface area contributed by atoms with Crippen LogP contribution >= 0.6 is 23.4 Å². The lowest BCUT2D eigenvalue weighted by Gasteiger charge is -2.30. The molecule has 25 heavy (non-hydrogen) atoms. The molecule has 1 fully saturated rings. The van der Waals surface area contributed by atoms with Crippen molar-refractivity contribution in [3.63, 3.8) is 0 Å². The van der Waals surface area contributed by atoms with E-state index in [2.05, 4.69) is 22.4 Å². The van der Waals surface area contributed by atoms with E-state index < -0.39 is 0 Å². The number of piperidine rings is 1. The predicted molar refractivity (Wildman–Crippen MR) is 98.8 cm³/mol. The van der Waals surface area contributed by atoms with Gasteiger partial charge in [0.05, 0.1) is 12.3 Å². The van der Waals surface area contributed by atoms with Gasteiger partial charge in [-0.1, -0.05) is 30.3 Å². The standard InChI is InChI=1S/C17H21ClN4O2S/c1-12-3-2-8-22(10-12)16(23)11-25-17-21-20-15(24-17)9-19-14-6-4-13(18)5-7-14/h4-7,12,19H,2-3,8-11H2,1H3/t12-/m1/s1. The fourth-order valence-corrected chi connectivity index (χ4v) is 3.55. The quantitative estimate of drug-likeness (QED) is 0.770. The van der Waals surface area contributed by atoms with Crippen LogP contribution in [0.25, 0.3) is 0 Å². The van der Waals surface area contributed by atoms with Crippen LogP contribution in [0.1, 0.15) is 25.7 Å². The number of thioether (sulfide) groups is 1. The summed E-state index contributed by atoms with van der Waals surface area (Å²) in [6, 6.07) is 7.39. The smallest absolute Gasteiger partial charge is 0.277 e. The Balaban J connectivity index is 1.45. The largest absolute Gasteiger partial charge is 0.414 e. The first-order valence-corrected chi connectivity index (χ1v) is 9.69. The van der Waals surface area contributed by atoms with Crippen molar-refractivity contribution >= 4 is 35.0 Å². The number of hydrogen-bond donors (Lipinski definition) is 1. The third kappa shape index (κ3) is 5.37. The summed E-state index contributed by atoms with van der Waals surface area (Å²) < 4.78 is 5.57. The Labute approximate surface area is 156 Å². The van der Waals surface area contributed by atoms with E-state index >= 15 is 0 Å². The number of hydrogen-bond acceptors (Lipinski definition) is 6. The molecule has 0 radical (unpaired) electrons. The second-order valence-electron chi connectivity index (χ2n) is 6.20. The monoisotopic (exact) mass is 380 g/mol. The van der Waals surface area contributed by atoms with E-state index in [1.54, 1.807) is 0 Å². The maximum absolute atomic E-state index is 12.3. The van der Waals surface area contributed by atoms with Crippen LogP contribution in [0.5, 0.6) is 0 Å². The highest BCUT2D eigenvalue weighted by Crippen LogP contribution is 2.20. The lowest BCUT2D eigenvalue weighted by atomic mass is 10.0. The van der Waals surface area contributed by atoms with Gasteiger partial charge in [-0.25, -0.2) is 0 Å². The van der Waals surface area contributed by atoms with Gasteiger partial charge in [0.2, 0.25) is 11.8 Å². The number of halogens is 1. The van der Waals surface area contributed by atoms with E-state index in [0.717, 1.165) is 25.2 Å². The number of carbonyl (C=O) groups is 1. The van der Waals surface area contributed by atoms with Crippen LogP contribution in [0, 0.1) is 5.92 Å². The van der Waals surface area contributed by atoms with Gasteiger partial charge in [0.15, 0.2) is 0 Å². The molecule has 6 nitrogen and oxygen atoms in total. The zero-order chi connectivity index (χ0) is 17.6. The first-order chi connectivity index (χ1) is 12.1. The lowest BCUT2D eigenvalue weighted by molar-refractivity contribution is -0.130. The van der Waals surface area contributed by atoms with Crippen molar-refractivity contribution in [2.75, 3.05) is 24.2 Å². The van der Waals surface area contributed by atoms with Crippen LogP contribution < -0.4 is 5.32 Å². The Morgan fingerprint density at radius 3 is 2.96 bits per heavy atom. The van der Waals surface area contributed by atoms with Crippen LogP contribution in [0.15, 0.2) is 33.9 Å². The van der Waals surface area contributed by atoms with Gasteiger partial charge < -0.3 is 14.6 Å². The van der Waals surface area contributed by atoms with Crippen LogP contribution in [0.4, 0.5) is 5.69 Å². The summed E-state index contributed by atoms with van der Waals surface area (Å²) in [5, 5.41) is 12.3. The fraction of sp³-hybridized carbons (Fsp3) is 0.471. The van der Waals surface area contributed by atoms with Crippen molar-refractivity contribution in [1.82, 2.24) is 15.1 Å². The summed E-state index contributed by atoms with van der Waals surface area (Å²) >= 11 is 7.15. The molecule has 0 aliphatic carbocycles. The topological polar surface area (TPSA) is 71.3 Å². The van der Waals surface area contributed by atoms with Crippen LogP contribution in [0.2, 0.25) is 5.02 Å². The maximum Gasteiger partial charge on any atom is 0.277 e. The van der Waals surface area contributed by atoms with Gasteiger partial charge in [0.1, 0.15) is 0 Å². The molecule has 3 rings (SSSR count). The van der Waals surface area contributed by atoms with Gasteiger partial charge in [-0.2, -0.15) is 0 Å². The molecule has 2 heterocycles. The number of rotatable bonds is 6. The van der Waals surface area contributed by atoms with Crippen molar-refractivity contribution < 1.29 is 9.21 Å². The molecule has 1 atom stereocenters. The molecule has 1 aliphatic heterocycles. The van der Waals surface area contributed by atoms with E-state index in [9.17, 15) is 4.79 Å². The summed E-state index contributed by atoms with van der Waals surface area (Å²) in [5.74, 6) is 1.53. The molecular weight excluding hydrogens is 360 g/mol. The van der Waals surface area contributed by atoms with Crippen molar-refractivity contribution in [2.45, 2.75) is 31.5 Å². The SMILES string of the molecule is C[C@@H]1CCCN(C(=O)CSc2nnc(CNc3ccc(Cl)cc3)o2)C1. The molecule has 1 saturated heterocycles. The van der Waals surface area contributed by atoms with Gasteiger partial charge in [-0.3, -0.25) is 4.79 Å². The Hall–Kier alpha value is -1.73. The number of likely N-dealkylation sites (tertiary alicyclic amines) is 1. The van der Waals surface area contributed by atoms with E-state index in [0.29, 0.717) is 34.4 Å². The zero-order valence-corrected chi connectivity index (χ0v) is 15.6. The molecule has 8 heteroatoms. The second kappa shape index (κ2) is 8.58. The molecule has 1 amide bonds. The van der Waals surface area contributed by atoms with Crippen LogP contribution in [0.3, 0.4) is 0 Å². The van der Waals surface area contributed by atoms with Crippen molar-refractivity contribution in [1.29, 1.82) is 0 Å². The Morgan fingerprint density at radius 2 is 2.20 bits per heavy atom. The van der Waals surface area contributed by atoms with Gasteiger partial charge in [0.25, 0.3) is 5.22 Å². The van der Waals surface area contributed by atoms with E-state index in [4.69, 9.17) is 16.0 Å². The number of aromatic nitrogens is 2. The van der Waals surface area contributed by atoms with E-state index in [1.165, 1.54) is 18.2 Å². The molecule has 0 saturated carbocycles. The average Bonchev–Trinajstić information content (AvgIpc) is 3.07. The molecule has 0 bridgehead atoms. The Morgan fingerprint density at radius 1 is 1.40 bits per heavy atom. The van der Waals surface area contributed by atoms with Gasteiger partial charge >= 0.3 is 0 Å². The van der Waals surface area contributed by atoms with Crippen LogP contribution in [-0.2, 0) is 11.3 Å². The highest BCUT2D eigenvalue weighted by Gasteiger charge is 2.21. The van der Waals surface area contributed by atoms with Gasteiger partial charge in [-0.15, -0.1) is 10.2 Å². The number of nitrogens with zero attached hydrogens (tertiary/aromatic N) is 3. The number of benzene rings is 1. The number of anilines is 1. The first kappa shape index (κ1) is 18.1. The minimum atomic E-state index is 0.135. The number of nitrogens with one attached hydrogen (secondary N) is 1. The van der Waals surface area contributed by atoms with Crippen molar-refractivity contribution in [2.24, 2.45) is 5.92 Å². The van der Waals surface area contributed by atoms with Gasteiger partial charge in [-0.05, 0) is 43.0 Å². The highest BCUT2D eigenvalue weighted by atomic mass is 35.5. The van der Waals surface area contributed by atoms with E-state index in [-0.39, 0.29) is 5.91 Å². The average molecular weight is 381 g/mol. The molecule has 1 aromatic carbocycles. The normalized spacial score (nSPS) is 17.5. The Kier molecular flexibility index (Phi) is 6.20. The molecule has 2 aromatic rings. The lowest BCUT2D eigenvalue weighted by Crippen LogP contribution is -2.40. The molecule has 0 unspecified atom stereocenters. The third-order valence-electron chi connectivity index (χ3n) is 4.07. The molecular formula is C17H21ClN4O2S. The highest BCUT2D eigenvalue weighted by molar-refractivity contribution is 7.99. The summed E-state index contributed by atoms with van der Waals surface area (Å²) in [5.41, 5.74) is 0.922. The Bertz CT molecular complexity index is 707. The first-order valence-electron chi connectivity index (χ1n) is 8.32. The minimum Gasteiger partial charge on any atom is -0.414 e. The molecule has 0 spiro atoms. The molecule has 134 valence electrons. The van der Waals surface area contributed by atoms with Crippen LogP contribution in [-0.4, -0.2) is 39.8 Å². The molecule has 1 aromatic heterocycles. The number of amides is 1. The molecule has 1 N–H and O–H groups in total. The minimum absolute atomic E-state index is 0.135. The predicted octanol–water partition coefficient (Wildman–Crippen LogP) is 3.69. The van der Waals surface area contributed by atoms with Crippen molar-refractivity contribution in [3.05, 3.63) is 35.2 Å². The summed E-state index contributed by atoms with van der Waals surface area (Å²) in [7, 11) is 0. The summed E-state index contributed by atoms with van der Waals surface area (Å²) in [6.45, 7) is 4.31. The fourth-order valence-electron chi connectivity index (χ4n) is 2.74. The summed E-state index contributed by atoms with van der Waals surface area (Å²) in [4.78, 5) is 14.2. The van der Waals surface area contributed by atoms with Crippen molar-refractivity contribution in [3.8, 4) is 0 Å². The number of carbonyl (C=O) groups excluding carboxylic acids is 1. The molecule has 1 aliphatic rings.